The highest BCUT2D eigenvalue weighted by Gasteiger charge is 2.21. The maximum absolute atomic E-state index is 12.6. The Morgan fingerprint density at radius 3 is 2.79 bits per heavy atom. The molecule has 1 aliphatic heterocycles. The van der Waals surface area contributed by atoms with E-state index < -0.39 is 0 Å². The molecule has 150 valence electrons. The van der Waals surface area contributed by atoms with Crippen LogP contribution >= 0.6 is 11.6 Å². The van der Waals surface area contributed by atoms with Crippen LogP contribution < -0.4 is 14.8 Å². The highest BCUT2D eigenvalue weighted by Crippen LogP contribution is 2.34. The summed E-state index contributed by atoms with van der Waals surface area (Å²) >= 11 is 6.23. The molecule has 1 atom stereocenters. The lowest BCUT2D eigenvalue weighted by molar-refractivity contribution is -0.117. The van der Waals surface area contributed by atoms with Gasteiger partial charge in [-0.05, 0) is 41.8 Å². The predicted octanol–water partition coefficient (Wildman–Crippen LogP) is 4.29. The van der Waals surface area contributed by atoms with Crippen molar-refractivity contribution in [2.75, 3.05) is 13.2 Å². The molecule has 1 N–H and O–H groups in total. The van der Waals surface area contributed by atoms with Crippen molar-refractivity contribution < 1.29 is 14.3 Å². The summed E-state index contributed by atoms with van der Waals surface area (Å²) in [7, 11) is 0. The van der Waals surface area contributed by atoms with Gasteiger partial charge in [-0.2, -0.15) is 0 Å². The number of carbonyl (C=O) groups is 1. The molecule has 0 bridgehead atoms. The molecule has 0 spiro atoms. The number of aromatic nitrogens is 2. The average molecular weight is 412 g/mol. The van der Waals surface area contributed by atoms with E-state index in [1.165, 1.54) is 6.08 Å². The van der Waals surface area contributed by atoms with Gasteiger partial charge in [0.15, 0.2) is 16.7 Å². The second-order valence-corrected chi connectivity index (χ2v) is 7.54. The molecule has 2 aromatic heterocycles. The Labute approximate surface area is 174 Å². The fraction of sp³-hybridized carbons (Fsp3) is 0.273. The van der Waals surface area contributed by atoms with Crippen LogP contribution in [0.4, 0.5) is 0 Å². The minimum absolute atomic E-state index is 0.166. The first-order chi connectivity index (χ1) is 14.0. The summed E-state index contributed by atoms with van der Waals surface area (Å²) < 4.78 is 13.1. The number of ether oxygens (including phenoxy) is 2. The van der Waals surface area contributed by atoms with E-state index in [9.17, 15) is 4.79 Å². The molecule has 0 saturated carbocycles. The summed E-state index contributed by atoms with van der Waals surface area (Å²) in [6, 6.07) is 11.3. The number of halogens is 1. The lowest BCUT2D eigenvalue weighted by Gasteiger charge is -2.25. The Kier molecular flexibility index (Phi) is 5.45. The Morgan fingerprint density at radius 1 is 1.21 bits per heavy atom. The average Bonchev–Trinajstić information content (AvgIpc) is 3.05. The van der Waals surface area contributed by atoms with Crippen molar-refractivity contribution in [2.24, 2.45) is 5.92 Å². The highest BCUT2D eigenvalue weighted by atomic mass is 35.5. The molecule has 0 fully saturated rings. The number of fused-ring (bicyclic) bond motifs is 2. The molecule has 1 amide bonds. The van der Waals surface area contributed by atoms with Crippen molar-refractivity contribution in [2.45, 2.75) is 19.9 Å². The van der Waals surface area contributed by atoms with Crippen LogP contribution in [0.2, 0.25) is 5.15 Å². The van der Waals surface area contributed by atoms with E-state index in [1.807, 2.05) is 47.0 Å². The fourth-order valence-electron chi connectivity index (χ4n) is 3.38. The number of nitrogens with zero attached hydrogens (tertiary/aromatic N) is 2. The summed E-state index contributed by atoms with van der Waals surface area (Å²) in [4.78, 5) is 16.9. The zero-order valence-electron chi connectivity index (χ0n) is 16.3. The van der Waals surface area contributed by atoms with Crippen LogP contribution in [0.3, 0.4) is 0 Å². The standard InChI is InChI=1S/C22H22ClN3O3/c1-14(2)21(15-6-8-17-18(13-15)29-12-11-28-17)25-20(27)9-7-16-22(23)24-19-5-3-4-10-26(16)19/h3-10,13-14,21H,11-12H2,1-2H3,(H,25,27). The van der Waals surface area contributed by atoms with Crippen molar-refractivity contribution in [3.63, 3.8) is 0 Å². The molecule has 3 aromatic rings. The van der Waals surface area contributed by atoms with Gasteiger partial charge in [-0.15, -0.1) is 0 Å². The third-order valence-corrected chi connectivity index (χ3v) is 5.08. The summed E-state index contributed by atoms with van der Waals surface area (Å²) in [6.07, 6.45) is 5.02. The van der Waals surface area contributed by atoms with Crippen LogP contribution in [0, 0.1) is 5.92 Å². The number of imidazole rings is 1. The Bertz CT molecular complexity index is 1070. The SMILES string of the molecule is CC(C)C(NC(=O)C=Cc1c(Cl)nc2ccccn12)c1ccc2c(c1)OCCO2. The second kappa shape index (κ2) is 8.17. The van der Waals surface area contributed by atoms with E-state index in [0.717, 1.165) is 17.0 Å². The van der Waals surface area contributed by atoms with Crippen molar-refractivity contribution in [3.05, 3.63) is 65.1 Å². The summed E-state index contributed by atoms with van der Waals surface area (Å²) in [5, 5.41) is 3.43. The van der Waals surface area contributed by atoms with Crippen LogP contribution in [0.25, 0.3) is 11.7 Å². The van der Waals surface area contributed by atoms with Crippen LogP contribution in [0.15, 0.2) is 48.7 Å². The molecule has 29 heavy (non-hydrogen) atoms. The van der Waals surface area contributed by atoms with Crippen LogP contribution in [-0.4, -0.2) is 28.5 Å². The van der Waals surface area contributed by atoms with Crippen LogP contribution in [-0.2, 0) is 4.79 Å². The quantitative estimate of drug-likeness (QED) is 0.636. The lowest BCUT2D eigenvalue weighted by atomic mass is 9.95. The molecule has 3 heterocycles. The monoisotopic (exact) mass is 411 g/mol. The zero-order chi connectivity index (χ0) is 20.4. The third-order valence-electron chi connectivity index (χ3n) is 4.80. The normalized spacial score (nSPS) is 14.5. The molecule has 1 unspecified atom stereocenters. The minimum Gasteiger partial charge on any atom is -0.486 e. The first-order valence-electron chi connectivity index (χ1n) is 9.53. The molecule has 0 saturated heterocycles. The smallest absolute Gasteiger partial charge is 0.244 e. The molecular weight excluding hydrogens is 390 g/mol. The maximum atomic E-state index is 12.6. The summed E-state index contributed by atoms with van der Waals surface area (Å²) in [5.41, 5.74) is 2.37. The Hall–Kier alpha value is -2.99. The summed E-state index contributed by atoms with van der Waals surface area (Å²) in [6.45, 7) is 5.20. The van der Waals surface area contributed by atoms with Gasteiger partial charge in [0.05, 0.1) is 11.7 Å². The first-order valence-corrected chi connectivity index (χ1v) is 9.91. The van der Waals surface area contributed by atoms with Gasteiger partial charge < -0.3 is 14.8 Å². The van der Waals surface area contributed by atoms with E-state index in [4.69, 9.17) is 21.1 Å². The molecule has 0 radical (unpaired) electrons. The van der Waals surface area contributed by atoms with Crippen molar-refractivity contribution >= 4 is 29.2 Å². The number of hydrogen-bond donors (Lipinski definition) is 1. The van der Waals surface area contributed by atoms with Crippen molar-refractivity contribution in [3.8, 4) is 11.5 Å². The van der Waals surface area contributed by atoms with Gasteiger partial charge in [-0.1, -0.05) is 37.6 Å². The van der Waals surface area contributed by atoms with Crippen LogP contribution in [0.1, 0.15) is 31.1 Å². The van der Waals surface area contributed by atoms with Crippen molar-refractivity contribution in [1.82, 2.24) is 14.7 Å². The third kappa shape index (κ3) is 4.07. The topological polar surface area (TPSA) is 64.9 Å². The molecule has 1 aromatic carbocycles. The molecular formula is C22H22ClN3O3. The Balaban J connectivity index is 1.53. The van der Waals surface area contributed by atoms with Gasteiger partial charge in [0.2, 0.25) is 5.91 Å². The van der Waals surface area contributed by atoms with Gasteiger partial charge in [0.1, 0.15) is 18.9 Å². The number of hydrogen-bond acceptors (Lipinski definition) is 4. The van der Waals surface area contributed by atoms with Crippen molar-refractivity contribution in [1.29, 1.82) is 0 Å². The molecule has 1 aliphatic rings. The Morgan fingerprint density at radius 2 is 2.00 bits per heavy atom. The molecule has 7 heteroatoms. The van der Waals surface area contributed by atoms with Gasteiger partial charge in [0, 0.05) is 12.3 Å². The largest absolute Gasteiger partial charge is 0.486 e. The highest BCUT2D eigenvalue weighted by molar-refractivity contribution is 6.31. The maximum Gasteiger partial charge on any atom is 0.244 e. The van der Waals surface area contributed by atoms with E-state index in [1.54, 1.807) is 6.08 Å². The molecule has 4 rings (SSSR count). The van der Waals surface area contributed by atoms with Gasteiger partial charge in [-0.3, -0.25) is 9.20 Å². The second-order valence-electron chi connectivity index (χ2n) is 7.18. The fourth-order valence-corrected chi connectivity index (χ4v) is 3.62. The van der Waals surface area contributed by atoms with Gasteiger partial charge in [0.25, 0.3) is 0 Å². The molecule has 6 nitrogen and oxygen atoms in total. The summed E-state index contributed by atoms with van der Waals surface area (Å²) in [5.74, 6) is 1.42. The van der Waals surface area contributed by atoms with E-state index in [-0.39, 0.29) is 17.9 Å². The van der Waals surface area contributed by atoms with Gasteiger partial charge >= 0.3 is 0 Å². The van der Waals surface area contributed by atoms with Gasteiger partial charge in [-0.25, -0.2) is 4.98 Å². The number of pyridine rings is 1. The number of benzene rings is 1. The number of rotatable bonds is 5. The molecule has 0 aliphatic carbocycles. The number of nitrogens with one attached hydrogen (secondary N) is 1. The zero-order valence-corrected chi connectivity index (χ0v) is 17.0. The van der Waals surface area contributed by atoms with E-state index >= 15 is 0 Å². The van der Waals surface area contributed by atoms with E-state index in [0.29, 0.717) is 29.8 Å². The first kappa shape index (κ1) is 19.3. The number of amides is 1. The van der Waals surface area contributed by atoms with E-state index in [2.05, 4.69) is 24.1 Å². The lowest BCUT2D eigenvalue weighted by Crippen LogP contribution is -2.30. The van der Waals surface area contributed by atoms with Crippen LogP contribution in [0.5, 0.6) is 11.5 Å². The minimum atomic E-state index is -0.208. The number of carbonyl (C=O) groups excluding carboxylic acids is 1. The predicted molar refractivity (Wildman–Crippen MR) is 112 cm³/mol.